The molecule has 38 heavy (non-hydrogen) atoms. The number of fused-ring (bicyclic) bond motifs is 1. The first kappa shape index (κ1) is 25.5. The summed E-state index contributed by atoms with van der Waals surface area (Å²) in [4.78, 5) is 36.9. The van der Waals surface area contributed by atoms with Gasteiger partial charge in [0, 0.05) is 51.2 Å². The summed E-state index contributed by atoms with van der Waals surface area (Å²) in [5.74, 6) is -0.485. The minimum absolute atomic E-state index is 0.277. The van der Waals surface area contributed by atoms with E-state index in [9.17, 15) is 14.7 Å². The second-order valence-corrected chi connectivity index (χ2v) is 9.36. The first-order valence-electron chi connectivity index (χ1n) is 13.0. The highest BCUT2D eigenvalue weighted by Gasteiger charge is 2.23. The van der Waals surface area contributed by atoms with E-state index in [1.165, 1.54) is 11.9 Å². The summed E-state index contributed by atoms with van der Waals surface area (Å²) in [5, 5.41) is 10.1. The van der Waals surface area contributed by atoms with Gasteiger partial charge >= 0.3 is 5.97 Å². The number of benzene rings is 1. The standard InChI is InChI=1S/C29H33N5O4/c1-3-7-21(4-2)31-12-14-33(15-13-31)26-11-10-22-27(35)23(29(36)37)20-34(28(22)30-26)25-9-6-5-8-24(25)32-16-18-38-19-17-32/h3-11,20H,12-19H2,1-2H3,(H,36,37)/b7-3-,21-4+. The molecular formula is C29H33N5O4. The van der Waals surface area contributed by atoms with Crippen LogP contribution in [0.3, 0.4) is 0 Å². The number of hydrogen-bond donors (Lipinski definition) is 1. The van der Waals surface area contributed by atoms with Crippen molar-refractivity contribution in [2.45, 2.75) is 13.8 Å². The van der Waals surface area contributed by atoms with Gasteiger partial charge in [-0.05, 0) is 44.2 Å². The van der Waals surface area contributed by atoms with Crippen LogP contribution in [0, 0.1) is 0 Å². The van der Waals surface area contributed by atoms with Gasteiger partial charge < -0.3 is 24.5 Å². The number of piperazine rings is 1. The number of aromatic nitrogens is 2. The number of aromatic carboxylic acids is 1. The molecule has 0 unspecified atom stereocenters. The number of carboxylic acid groups (broad SMARTS) is 1. The van der Waals surface area contributed by atoms with Crippen molar-refractivity contribution >= 4 is 28.5 Å². The third-order valence-corrected chi connectivity index (χ3v) is 7.16. The first-order chi connectivity index (χ1) is 18.5. The summed E-state index contributed by atoms with van der Waals surface area (Å²) in [6.45, 7) is 10.1. The molecule has 2 fully saturated rings. The fourth-order valence-electron chi connectivity index (χ4n) is 5.19. The van der Waals surface area contributed by atoms with Crippen molar-refractivity contribution < 1.29 is 14.6 Å². The Kier molecular flexibility index (Phi) is 7.46. The molecule has 9 nitrogen and oxygen atoms in total. The maximum absolute atomic E-state index is 13.1. The Morgan fingerprint density at radius 2 is 1.66 bits per heavy atom. The number of nitrogens with zero attached hydrogens (tertiary/aromatic N) is 5. The zero-order valence-electron chi connectivity index (χ0n) is 21.8. The molecule has 4 heterocycles. The summed E-state index contributed by atoms with van der Waals surface area (Å²) in [6, 6.07) is 11.4. The summed E-state index contributed by atoms with van der Waals surface area (Å²) < 4.78 is 7.29. The lowest BCUT2D eigenvalue weighted by molar-refractivity contribution is 0.0695. The SMILES string of the molecule is C/C=C\C(=C/C)N1CCN(c2ccc3c(=O)c(C(=O)O)cn(-c4ccccc4N4CCOCC4)c3n2)CC1. The Morgan fingerprint density at radius 1 is 0.947 bits per heavy atom. The van der Waals surface area contributed by atoms with Gasteiger partial charge in [-0.15, -0.1) is 0 Å². The van der Waals surface area contributed by atoms with Crippen LogP contribution in [0.1, 0.15) is 24.2 Å². The van der Waals surface area contributed by atoms with Crippen LogP contribution in [0.5, 0.6) is 0 Å². The smallest absolute Gasteiger partial charge is 0.341 e. The van der Waals surface area contributed by atoms with Crippen molar-refractivity contribution in [2.75, 3.05) is 62.3 Å². The Balaban J connectivity index is 1.58. The van der Waals surface area contributed by atoms with E-state index < -0.39 is 11.4 Å². The number of carbonyl (C=O) groups is 1. The summed E-state index contributed by atoms with van der Waals surface area (Å²) in [7, 11) is 0. The van der Waals surface area contributed by atoms with Gasteiger partial charge in [0.15, 0.2) is 5.65 Å². The largest absolute Gasteiger partial charge is 0.477 e. The van der Waals surface area contributed by atoms with Crippen molar-refractivity contribution in [3.8, 4) is 5.69 Å². The molecular weight excluding hydrogens is 482 g/mol. The molecule has 0 atom stereocenters. The summed E-state index contributed by atoms with van der Waals surface area (Å²) in [5.41, 5.74) is 2.57. The maximum Gasteiger partial charge on any atom is 0.341 e. The molecule has 0 bridgehead atoms. The molecule has 0 amide bonds. The molecule has 2 aliphatic heterocycles. The van der Waals surface area contributed by atoms with Crippen LogP contribution in [0.25, 0.3) is 16.7 Å². The van der Waals surface area contributed by atoms with Crippen molar-refractivity contribution in [1.29, 1.82) is 0 Å². The molecule has 5 rings (SSSR count). The number of ether oxygens (including phenoxy) is 1. The highest BCUT2D eigenvalue weighted by atomic mass is 16.5. The summed E-state index contributed by atoms with van der Waals surface area (Å²) >= 11 is 0. The molecule has 0 spiro atoms. The number of anilines is 2. The van der Waals surface area contributed by atoms with E-state index in [-0.39, 0.29) is 10.9 Å². The van der Waals surface area contributed by atoms with Crippen molar-refractivity contribution in [3.05, 3.63) is 82.3 Å². The molecule has 1 aromatic carbocycles. The van der Waals surface area contributed by atoms with E-state index in [0.717, 1.165) is 56.5 Å². The van der Waals surface area contributed by atoms with Crippen LogP contribution >= 0.6 is 0 Å². The third-order valence-electron chi connectivity index (χ3n) is 7.16. The Bertz CT molecular complexity index is 1450. The average molecular weight is 516 g/mol. The van der Waals surface area contributed by atoms with Gasteiger partial charge in [-0.25, -0.2) is 9.78 Å². The van der Waals surface area contributed by atoms with Gasteiger partial charge in [0.05, 0.1) is 30.0 Å². The lowest BCUT2D eigenvalue weighted by Crippen LogP contribution is -2.46. The van der Waals surface area contributed by atoms with Gasteiger partial charge in [-0.3, -0.25) is 9.36 Å². The molecule has 0 radical (unpaired) electrons. The highest BCUT2D eigenvalue weighted by Crippen LogP contribution is 2.29. The third kappa shape index (κ3) is 4.89. The van der Waals surface area contributed by atoms with Crippen LogP contribution in [0.4, 0.5) is 11.5 Å². The number of para-hydroxylation sites is 2. The normalized spacial score (nSPS) is 17.0. The predicted octanol–water partition coefficient (Wildman–Crippen LogP) is 3.52. The number of carboxylic acids is 1. The molecule has 1 N–H and O–H groups in total. The number of pyridine rings is 2. The van der Waals surface area contributed by atoms with E-state index in [1.54, 1.807) is 10.6 Å². The van der Waals surface area contributed by atoms with Gasteiger partial charge in [-0.1, -0.05) is 24.3 Å². The first-order valence-corrected chi connectivity index (χ1v) is 13.0. The van der Waals surface area contributed by atoms with E-state index in [4.69, 9.17) is 9.72 Å². The minimum Gasteiger partial charge on any atom is -0.477 e. The maximum atomic E-state index is 13.1. The molecule has 198 valence electrons. The van der Waals surface area contributed by atoms with Crippen LogP contribution in [-0.4, -0.2) is 78.0 Å². The van der Waals surface area contributed by atoms with Gasteiger partial charge in [0.2, 0.25) is 5.43 Å². The van der Waals surface area contributed by atoms with Crippen LogP contribution in [-0.2, 0) is 4.74 Å². The van der Waals surface area contributed by atoms with Crippen LogP contribution in [0.2, 0.25) is 0 Å². The summed E-state index contributed by atoms with van der Waals surface area (Å²) in [6.07, 6.45) is 7.70. The zero-order chi connectivity index (χ0) is 26.6. The average Bonchev–Trinajstić information content (AvgIpc) is 2.96. The molecule has 2 aliphatic rings. The predicted molar refractivity (Wildman–Crippen MR) is 150 cm³/mol. The van der Waals surface area contributed by atoms with E-state index >= 15 is 0 Å². The monoisotopic (exact) mass is 515 g/mol. The fourth-order valence-corrected chi connectivity index (χ4v) is 5.19. The van der Waals surface area contributed by atoms with Crippen molar-refractivity contribution in [3.63, 3.8) is 0 Å². The number of rotatable bonds is 6. The Hall–Kier alpha value is -4.11. The van der Waals surface area contributed by atoms with Gasteiger partial charge in [0.25, 0.3) is 0 Å². The second-order valence-electron chi connectivity index (χ2n) is 9.36. The molecule has 0 saturated carbocycles. The molecule has 2 aromatic heterocycles. The van der Waals surface area contributed by atoms with Crippen molar-refractivity contribution in [1.82, 2.24) is 14.5 Å². The van der Waals surface area contributed by atoms with Crippen LogP contribution < -0.4 is 15.2 Å². The number of morpholine rings is 1. The fraction of sp³-hybridized carbons (Fsp3) is 0.345. The van der Waals surface area contributed by atoms with Gasteiger partial charge in [-0.2, -0.15) is 0 Å². The topological polar surface area (TPSA) is 91.1 Å². The molecule has 2 saturated heterocycles. The van der Waals surface area contributed by atoms with E-state index in [2.05, 4.69) is 26.9 Å². The molecule has 9 heteroatoms. The Morgan fingerprint density at radius 3 is 2.32 bits per heavy atom. The van der Waals surface area contributed by atoms with Crippen molar-refractivity contribution in [2.24, 2.45) is 0 Å². The number of allylic oxidation sites excluding steroid dienone is 3. The van der Waals surface area contributed by atoms with E-state index in [0.29, 0.717) is 18.9 Å². The Labute approximate surface area is 221 Å². The molecule has 3 aromatic rings. The molecule has 0 aliphatic carbocycles. The van der Waals surface area contributed by atoms with Crippen LogP contribution in [0.15, 0.2) is 71.3 Å². The quantitative estimate of drug-likeness (QED) is 0.499. The highest BCUT2D eigenvalue weighted by molar-refractivity contribution is 5.93. The number of hydrogen-bond acceptors (Lipinski definition) is 7. The lowest BCUT2D eigenvalue weighted by atomic mass is 10.1. The minimum atomic E-state index is -1.25. The lowest BCUT2D eigenvalue weighted by Gasteiger charge is -2.37. The second kappa shape index (κ2) is 11.1. The van der Waals surface area contributed by atoms with E-state index in [1.807, 2.05) is 50.3 Å². The zero-order valence-corrected chi connectivity index (χ0v) is 21.8. The van der Waals surface area contributed by atoms with Gasteiger partial charge in [0.1, 0.15) is 11.4 Å².